The molecule has 2 aliphatic rings. The van der Waals surface area contributed by atoms with Crippen molar-refractivity contribution >= 4 is 42.3 Å². The number of anilines is 1. The highest BCUT2D eigenvalue weighted by Gasteiger charge is 2.24. The Bertz CT molecular complexity index is 639. The standard InChI is InChI=1S/C20H30N4O3.2ClH/c1-15-14-17(6-7-21-15)20(26)23-18-4-2-16(3-5-18)19(25)22-8-9-24-10-12-27-13-11-24;;/h2-5,15,17,21H,6-14H2,1H3,(H,22,25)(H,23,26);2*1H/t15-,17-;;/m0../s1. The molecule has 2 heterocycles. The maximum atomic E-state index is 12.4. The summed E-state index contributed by atoms with van der Waals surface area (Å²) in [5.41, 5.74) is 1.33. The number of nitrogens with one attached hydrogen (secondary N) is 3. The average Bonchev–Trinajstić information content (AvgIpc) is 2.69. The van der Waals surface area contributed by atoms with Crippen molar-refractivity contribution in [2.45, 2.75) is 25.8 Å². The number of morpholine rings is 1. The van der Waals surface area contributed by atoms with Crippen LogP contribution in [0.4, 0.5) is 5.69 Å². The number of nitrogens with zero attached hydrogens (tertiary/aromatic N) is 1. The first kappa shape index (κ1) is 25.7. The molecule has 29 heavy (non-hydrogen) atoms. The molecule has 0 unspecified atom stereocenters. The minimum Gasteiger partial charge on any atom is -0.379 e. The number of rotatable bonds is 6. The van der Waals surface area contributed by atoms with Crippen LogP contribution in [0.5, 0.6) is 0 Å². The van der Waals surface area contributed by atoms with Gasteiger partial charge in [0.15, 0.2) is 0 Å². The minimum atomic E-state index is -0.0895. The number of benzene rings is 1. The highest BCUT2D eigenvalue weighted by Crippen LogP contribution is 2.19. The lowest BCUT2D eigenvalue weighted by Crippen LogP contribution is -2.41. The minimum absolute atomic E-state index is 0. The second-order valence-corrected chi connectivity index (χ2v) is 7.35. The van der Waals surface area contributed by atoms with Gasteiger partial charge in [0.05, 0.1) is 13.2 Å². The van der Waals surface area contributed by atoms with Crippen molar-refractivity contribution in [3.8, 4) is 0 Å². The zero-order valence-corrected chi connectivity index (χ0v) is 18.4. The molecule has 0 bridgehead atoms. The molecule has 2 amide bonds. The maximum Gasteiger partial charge on any atom is 0.251 e. The van der Waals surface area contributed by atoms with E-state index < -0.39 is 0 Å². The molecule has 1 aromatic rings. The van der Waals surface area contributed by atoms with E-state index in [1.165, 1.54) is 0 Å². The molecule has 2 fully saturated rings. The fraction of sp³-hybridized carbons (Fsp3) is 0.600. The Balaban J connectivity index is 0.00000210. The van der Waals surface area contributed by atoms with Crippen molar-refractivity contribution in [2.75, 3.05) is 51.3 Å². The fourth-order valence-corrected chi connectivity index (χ4v) is 3.57. The van der Waals surface area contributed by atoms with Crippen molar-refractivity contribution in [2.24, 2.45) is 5.92 Å². The molecule has 2 atom stereocenters. The largest absolute Gasteiger partial charge is 0.379 e. The van der Waals surface area contributed by atoms with Gasteiger partial charge in [0, 0.05) is 49.4 Å². The monoisotopic (exact) mass is 446 g/mol. The SMILES string of the molecule is C[C@H]1C[C@@H](C(=O)Nc2ccc(C(=O)NCCN3CCOCC3)cc2)CCN1.Cl.Cl. The number of carbonyl (C=O) groups excluding carboxylic acids is 2. The lowest BCUT2D eigenvalue weighted by atomic mass is 9.92. The smallest absolute Gasteiger partial charge is 0.251 e. The summed E-state index contributed by atoms with van der Waals surface area (Å²) in [5.74, 6) is 0.0174. The van der Waals surface area contributed by atoms with Crippen LogP contribution < -0.4 is 16.0 Å². The molecule has 0 aliphatic carbocycles. The number of hydrogen-bond donors (Lipinski definition) is 3. The van der Waals surface area contributed by atoms with Crippen molar-refractivity contribution in [3.05, 3.63) is 29.8 Å². The fourth-order valence-electron chi connectivity index (χ4n) is 3.57. The van der Waals surface area contributed by atoms with Gasteiger partial charge in [0.2, 0.25) is 5.91 Å². The van der Waals surface area contributed by atoms with E-state index in [4.69, 9.17) is 4.74 Å². The maximum absolute atomic E-state index is 12.4. The van der Waals surface area contributed by atoms with Gasteiger partial charge in [-0.25, -0.2) is 0 Å². The Morgan fingerprint density at radius 2 is 1.86 bits per heavy atom. The van der Waals surface area contributed by atoms with Gasteiger partial charge in [-0.15, -0.1) is 24.8 Å². The van der Waals surface area contributed by atoms with Crippen LogP contribution in [0.3, 0.4) is 0 Å². The number of amides is 2. The predicted molar refractivity (Wildman–Crippen MR) is 119 cm³/mol. The summed E-state index contributed by atoms with van der Waals surface area (Å²) < 4.78 is 5.32. The Morgan fingerprint density at radius 3 is 2.52 bits per heavy atom. The summed E-state index contributed by atoms with van der Waals surface area (Å²) in [4.78, 5) is 26.9. The van der Waals surface area contributed by atoms with Gasteiger partial charge in [-0.2, -0.15) is 0 Å². The van der Waals surface area contributed by atoms with Crippen LogP contribution in [0.1, 0.15) is 30.1 Å². The summed E-state index contributed by atoms with van der Waals surface area (Å²) in [6.07, 6.45) is 1.72. The lowest BCUT2D eigenvalue weighted by Gasteiger charge is -2.27. The number of carbonyl (C=O) groups is 2. The lowest BCUT2D eigenvalue weighted by molar-refractivity contribution is -0.120. The number of halogens is 2. The van der Waals surface area contributed by atoms with E-state index in [1.54, 1.807) is 24.3 Å². The van der Waals surface area contributed by atoms with E-state index in [0.717, 1.165) is 57.9 Å². The van der Waals surface area contributed by atoms with Crippen molar-refractivity contribution in [1.82, 2.24) is 15.5 Å². The normalized spacial score (nSPS) is 22.0. The summed E-state index contributed by atoms with van der Waals surface area (Å²) in [6.45, 7) is 7.78. The zero-order valence-electron chi connectivity index (χ0n) is 16.8. The van der Waals surface area contributed by atoms with Crippen molar-refractivity contribution in [1.29, 1.82) is 0 Å². The van der Waals surface area contributed by atoms with Gasteiger partial charge in [0.25, 0.3) is 5.91 Å². The van der Waals surface area contributed by atoms with E-state index in [2.05, 4.69) is 27.8 Å². The Labute approximate surface area is 185 Å². The number of ether oxygens (including phenoxy) is 1. The van der Waals surface area contributed by atoms with Gasteiger partial charge in [-0.3, -0.25) is 14.5 Å². The summed E-state index contributed by atoms with van der Waals surface area (Å²) in [7, 11) is 0. The second kappa shape index (κ2) is 13.0. The Morgan fingerprint density at radius 1 is 1.17 bits per heavy atom. The van der Waals surface area contributed by atoms with Gasteiger partial charge < -0.3 is 20.7 Å². The summed E-state index contributed by atoms with van der Waals surface area (Å²) in [6, 6.07) is 7.46. The molecule has 1 aromatic carbocycles. The molecule has 0 spiro atoms. The molecule has 2 aliphatic heterocycles. The third-order valence-corrected chi connectivity index (χ3v) is 5.23. The number of hydrogen-bond acceptors (Lipinski definition) is 5. The molecular weight excluding hydrogens is 415 g/mol. The average molecular weight is 447 g/mol. The second-order valence-electron chi connectivity index (χ2n) is 7.35. The zero-order chi connectivity index (χ0) is 19.1. The van der Waals surface area contributed by atoms with Crippen molar-refractivity contribution < 1.29 is 14.3 Å². The molecule has 164 valence electrons. The van der Waals surface area contributed by atoms with E-state index >= 15 is 0 Å². The molecule has 3 rings (SSSR count). The molecule has 0 aromatic heterocycles. The van der Waals surface area contributed by atoms with Crippen LogP contribution in [0.15, 0.2) is 24.3 Å². The van der Waals surface area contributed by atoms with Crippen LogP contribution in [0.2, 0.25) is 0 Å². The van der Waals surface area contributed by atoms with Crippen LogP contribution in [0.25, 0.3) is 0 Å². The third kappa shape index (κ3) is 8.10. The van der Waals surface area contributed by atoms with E-state index in [-0.39, 0.29) is 42.5 Å². The highest BCUT2D eigenvalue weighted by molar-refractivity contribution is 5.96. The first-order valence-corrected chi connectivity index (χ1v) is 9.84. The van der Waals surface area contributed by atoms with E-state index in [1.807, 2.05) is 0 Å². The first-order valence-electron chi connectivity index (χ1n) is 9.84. The summed E-state index contributed by atoms with van der Waals surface area (Å²) >= 11 is 0. The van der Waals surface area contributed by atoms with Crippen molar-refractivity contribution in [3.63, 3.8) is 0 Å². The number of piperidine rings is 1. The van der Waals surface area contributed by atoms with Gasteiger partial charge in [-0.1, -0.05) is 0 Å². The molecule has 9 heteroatoms. The highest BCUT2D eigenvalue weighted by atomic mass is 35.5. The molecule has 2 saturated heterocycles. The van der Waals surface area contributed by atoms with Crippen LogP contribution in [-0.2, 0) is 9.53 Å². The molecule has 7 nitrogen and oxygen atoms in total. The Hall–Kier alpha value is -1.38. The molecular formula is C20H32Cl2N4O3. The van der Waals surface area contributed by atoms with Crippen LogP contribution >= 0.6 is 24.8 Å². The van der Waals surface area contributed by atoms with Gasteiger partial charge in [-0.05, 0) is 50.6 Å². The van der Waals surface area contributed by atoms with Crippen LogP contribution in [0, 0.1) is 5.92 Å². The van der Waals surface area contributed by atoms with Gasteiger partial charge in [0.1, 0.15) is 0 Å². The van der Waals surface area contributed by atoms with Crippen LogP contribution in [-0.4, -0.2) is 68.7 Å². The quantitative estimate of drug-likeness (QED) is 0.621. The van der Waals surface area contributed by atoms with E-state index in [9.17, 15) is 9.59 Å². The topological polar surface area (TPSA) is 82.7 Å². The third-order valence-electron chi connectivity index (χ3n) is 5.23. The van der Waals surface area contributed by atoms with Gasteiger partial charge >= 0.3 is 0 Å². The molecule has 3 N–H and O–H groups in total. The molecule has 0 saturated carbocycles. The predicted octanol–water partition coefficient (Wildman–Crippen LogP) is 1.92. The van der Waals surface area contributed by atoms with E-state index in [0.29, 0.717) is 18.2 Å². The molecule has 0 radical (unpaired) electrons. The summed E-state index contributed by atoms with van der Waals surface area (Å²) in [5, 5.41) is 9.27. The first-order chi connectivity index (χ1) is 13.1. The Kier molecular flexibility index (Phi) is 11.5.